The average molecular weight is 415 g/mol. The van der Waals surface area contributed by atoms with E-state index in [4.69, 9.17) is 9.72 Å². The van der Waals surface area contributed by atoms with E-state index in [1.807, 2.05) is 30.3 Å². The quantitative estimate of drug-likeness (QED) is 0.409. The molecule has 31 heavy (non-hydrogen) atoms. The first-order valence-corrected chi connectivity index (χ1v) is 10.5. The number of unbranched alkanes of at least 4 members (excludes halogenated alkanes) is 1. The molecule has 1 N–H and O–H groups in total. The zero-order valence-corrected chi connectivity index (χ0v) is 17.6. The van der Waals surface area contributed by atoms with Gasteiger partial charge in [0.05, 0.1) is 29.7 Å². The Kier molecular flexibility index (Phi) is 6.57. The molecular formula is C25H26N4O2. The van der Waals surface area contributed by atoms with E-state index in [0.29, 0.717) is 18.7 Å². The molecule has 0 saturated carbocycles. The highest BCUT2D eigenvalue weighted by Gasteiger charge is 2.12. The number of rotatable bonds is 9. The van der Waals surface area contributed by atoms with Crippen LogP contribution in [0.1, 0.15) is 34.6 Å². The van der Waals surface area contributed by atoms with Gasteiger partial charge in [-0.15, -0.1) is 0 Å². The summed E-state index contributed by atoms with van der Waals surface area (Å²) in [5, 5.41) is 2.96. The van der Waals surface area contributed by atoms with Crippen molar-refractivity contribution in [3.05, 3.63) is 90.0 Å². The SMILES string of the molecule is Cc1ccc(OCCCCn2c(CNC(=O)c3cccnc3)nc3ccccc32)cc1. The van der Waals surface area contributed by atoms with Crippen LogP contribution in [0.2, 0.25) is 0 Å². The number of aryl methyl sites for hydroxylation is 2. The second-order valence-electron chi connectivity index (χ2n) is 7.46. The molecule has 4 rings (SSSR count). The van der Waals surface area contributed by atoms with Crippen molar-refractivity contribution >= 4 is 16.9 Å². The number of amides is 1. The van der Waals surface area contributed by atoms with Crippen LogP contribution in [0.25, 0.3) is 11.0 Å². The molecular weight excluding hydrogens is 388 g/mol. The minimum Gasteiger partial charge on any atom is -0.494 e. The molecule has 0 fully saturated rings. The minimum atomic E-state index is -0.154. The lowest BCUT2D eigenvalue weighted by atomic mass is 10.2. The predicted octanol–water partition coefficient (Wildman–Crippen LogP) is 4.53. The van der Waals surface area contributed by atoms with Crippen molar-refractivity contribution in [2.75, 3.05) is 6.61 Å². The maximum atomic E-state index is 12.4. The second kappa shape index (κ2) is 9.89. The van der Waals surface area contributed by atoms with E-state index in [2.05, 4.69) is 40.0 Å². The number of para-hydroxylation sites is 2. The molecule has 0 aliphatic rings. The molecule has 1 amide bonds. The Balaban J connectivity index is 1.37. The van der Waals surface area contributed by atoms with Crippen molar-refractivity contribution in [3.63, 3.8) is 0 Å². The molecule has 0 unspecified atom stereocenters. The van der Waals surface area contributed by atoms with E-state index in [1.165, 1.54) is 5.56 Å². The number of carbonyl (C=O) groups is 1. The number of ether oxygens (including phenoxy) is 1. The Morgan fingerprint density at radius 3 is 2.68 bits per heavy atom. The van der Waals surface area contributed by atoms with Gasteiger partial charge in [0.25, 0.3) is 5.91 Å². The number of carbonyl (C=O) groups excluding carboxylic acids is 1. The van der Waals surface area contributed by atoms with E-state index in [0.717, 1.165) is 42.0 Å². The Hall–Kier alpha value is -3.67. The van der Waals surface area contributed by atoms with Gasteiger partial charge in [-0.2, -0.15) is 0 Å². The highest BCUT2D eigenvalue weighted by atomic mass is 16.5. The van der Waals surface area contributed by atoms with Crippen molar-refractivity contribution in [1.29, 1.82) is 0 Å². The van der Waals surface area contributed by atoms with E-state index >= 15 is 0 Å². The van der Waals surface area contributed by atoms with Crippen LogP contribution >= 0.6 is 0 Å². The molecule has 6 nitrogen and oxygen atoms in total. The Bertz CT molecular complexity index is 1140. The topological polar surface area (TPSA) is 69.0 Å². The molecule has 4 aromatic rings. The van der Waals surface area contributed by atoms with Crippen molar-refractivity contribution < 1.29 is 9.53 Å². The number of nitrogens with one attached hydrogen (secondary N) is 1. The van der Waals surface area contributed by atoms with Crippen molar-refractivity contribution in [1.82, 2.24) is 19.9 Å². The lowest BCUT2D eigenvalue weighted by molar-refractivity contribution is 0.0949. The number of hydrogen-bond donors (Lipinski definition) is 1. The highest BCUT2D eigenvalue weighted by Crippen LogP contribution is 2.18. The molecule has 0 radical (unpaired) electrons. The minimum absolute atomic E-state index is 0.154. The second-order valence-corrected chi connectivity index (χ2v) is 7.46. The number of nitrogens with zero attached hydrogens (tertiary/aromatic N) is 3. The molecule has 0 atom stereocenters. The molecule has 0 bridgehead atoms. The summed E-state index contributed by atoms with van der Waals surface area (Å²) >= 11 is 0. The Labute approximate surface area is 181 Å². The van der Waals surface area contributed by atoms with E-state index in [1.54, 1.807) is 24.5 Å². The van der Waals surface area contributed by atoms with Crippen LogP contribution in [0.3, 0.4) is 0 Å². The maximum Gasteiger partial charge on any atom is 0.253 e. The normalized spacial score (nSPS) is 10.9. The Morgan fingerprint density at radius 1 is 1.03 bits per heavy atom. The summed E-state index contributed by atoms with van der Waals surface area (Å²) in [5.74, 6) is 1.59. The fraction of sp³-hybridized carbons (Fsp3) is 0.240. The van der Waals surface area contributed by atoms with Gasteiger partial charge in [0.2, 0.25) is 0 Å². The molecule has 2 heterocycles. The predicted molar refractivity (Wildman–Crippen MR) is 121 cm³/mol. The number of pyridine rings is 1. The van der Waals surface area contributed by atoms with Crippen LogP contribution in [0.4, 0.5) is 0 Å². The maximum absolute atomic E-state index is 12.4. The lowest BCUT2D eigenvalue weighted by Crippen LogP contribution is -2.25. The summed E-state index contributed by atoms with van der Waals surface area (Å²) in [7, 11) is 0. The van der Waals surface area contributed by atoms with Gasteiger partial charge in [-0.3, -0.25) is 9.78 Å². The van der Waals surface area contributed by atoms with Gasteiger partial charge in [0, 0.05) is 18.9 Å². The van der Waals surface area contributed by atoms with Crippen LogP contribution in [0.5, 0.6) is 5.75 Å². The number of hydrogen-bond acceptors (Lipinski definition) is 4. The Morgan fingerprint density at radius 2 is 1.87 bits per heavy atom. The van der Waals surface area contributed by atoms with E-state index in [-0.39, 0.29) is 5.91 Å². The average Bonchev–Trinajstić information content (AvgIpc) is 3.16. The van der Waals surface area contributed by atoms with Crippen LogP contribution in [0.15, 0.2) is 73.1 Å². The van der Waals surface area contributed by atoms with Crippen LogP contribution in [-0.4, -0.2) is 27.0 Å². The number of imidazole rings is 1. The van der Waals surface area contributed by atoms with Crippen molar-refractivity contribution in [3.8, 4) is 5.75 Å². The summed E-state index contributed by atoms with van der Waals surface area (Å²) in [5.41, 5.74) is 3.78. The number of fused-ring (bicyclic) bond motifs is 1. The molecule has 0 spiro atoms. The van der Waals surface area contributed by atoms with Crippen molar-refractivity contribution in [2.24, 2.45) is 0 Å². The molecule has 0 aliphatic heterocycles. The van der Waals surface area contributed by atoms with Gasteiger partial charge in [-0.1, -0.05) is 29.8 Å². The van der Waals surface area contributed by atoms with Crippen LogP contribution in [0, 0.1) is 6.92 Å². The van der Waals surface area contributed by atoms with Gasteiger partial charge >= 0.3 is 0 Å². The van der Waals surface area contributed by atoms with Gasteiger partial charge < -0.3 is 14.6 Å². The summed E-state index contributed by atoms with van der Waals surface area (Å²) < 4.78 is 8.02. The van der Waals surface area contributed by atoms with E-state index in [9.17, 15) is 4.79 Å². The zero-order chi connectivity index (χ0) is 21.5. The van der Waals surface area contributed by atoms with E-state index < -0.39 is 0 Å². The molecule has 0 aliphatic carbocycles. The third kappa shape index (κ3) is 5.28. The zero-order valence-electron chi connectivity index (χ0n) is 17.6. The van der Waals surface area contributed by atoms with Gasteiger partial charge in [-0.05, 0) is 56.2 Å². The first kappa shape index (κ1) is 20.6. The first-order valence-electron chi connectivity index (χ1n) is 10.5. The smallest absolute Gasteiger partial charge is 0.253 e. The highest BCUT2D eigenvalue weighted by molar-refractivity contribution is 5.93. The van der Waals surface area contributed by atoms with Crippen molar-refractivity contribution in [2.45, 2.75) is 32.9 Å². The molecule has 158 valence electrons. The summed E-state index contributed by atoms with van der Waals surface area (Å²) in [6.07, 6.45) is 5.10. The summed E-state index contributed by atoms with van der Waals surface area (Å²) in [6.45, 7) is 3.91. The summed E-state index contributed by atoms with van der Waals surface area (Å²) in [4.78, 5) is 21.1. The molecule has 2 aromatic heterocycles. The fourth-order valence-corrected chi connectivity index (χ4v) is 3.46. The largest absolute Gasteiger partial charge is 0.494 e. The van der Waals surface area contributed by atoms with Gasteiger partial charge in [0.15, 0.2) is 0 Å². The molecule has 2 aromatic carbocycles. The first-order chi connectivity index (χ1) is 15.2. The third-order valence-corrected chi connectivity index (χ3v) is 5.13. The summed E-state index contributed by atoms with van der Waals surface area (Å²) in [6, 6.07) is 19.7. The molecule has 0 saturated heterocycles. The van der Waals surface area contributed by atoms with Crippen LogP contribution < -0.4 is 10.1 Å². The standard InChI is InChI=1S/C25H26N4O2/c1-19-10-12-21(13-11-19)31-16-5-4-15-29-23-9-3-2-8-22(23)28-24(29)18-27-25(30)20-7-6-14-26-17-20/h2-3,6-14,17H,4-5,15-16,18H2,1H3,(H,27,30). The number of benzene rings is 2. The number of aromatic nitrogens is 3. The molecule has 6 heteroatoms. The van der Waals surface area contributed by atoms with Gasteiger partial charge in [-0.25, -0.2) is 4.98 Å². The monoisotopic (exact) mass is 414 g/mol. The van der Waals surface area contributed by atoms with Crippen LogP contribution in [-0.2, 0) is 13.1 Å². The third-order valence-electron chi connectivity index (χ3n) is 5.13. The fourth-order valence-electron chi connectivity index (χ4n) is 3.46. The lowest BCUT2D eigenvalue weighted by Gasteiger charge is -2.11. The van der Waals surface area contributed by atoms with Gasteiger partial charge in [0.1, 0.15) is 11.6 Å².